The second-order valence-corrected chi connectivity index (χ2v) is 9.63. The number of ketones is 1. The van der Waals surface area contributed by atoms with Gasteiger partial charge in [-0.3, -0.25) is 9.59 Å². The molecule has 0 bridgehead atoms. The maximum atomic E-state index is 12.6. The van der Waals surface area contributed by atoms with Crippen LogP contribution in [0.3, 0.4) is 0 Å². The Bertz CT molecular complexity index is 1070. The lowest BCUT2D eigenvalue weighted by molar-refractivity contribution is -0.121. The van der Waals surface area contributed by atoms with Crippen LogP contribution in [0.4, 0.5) is 0 Å². The Hall–Kier alpha value is -2.91. The topological polar surface area (TPSA) is 102 Å². The second kappa shape index (κ2) is 10.6. The Kier molecular flexibility index (Phi) is 7.87. The van der Waals surface area contributed by atoms with Crippen LogP contribution >= 0.6 is 0 Å². The standard InChI is InChI=1S/C23H28N2O6S/c1-17(26)19-6-8-20(9-7-19)32(28,29)25(2)13-3-4-23(27)24-12-11-18-5-10-21-22(16-18)31-15-14-30-21/h5-10,16H,3-4,11-15H2,1-2H3,(H,24,27). The van der Waals surface area contributed by atoms with Crippen molar-refractivity contribution in [2.24, 2.45) is 0 Å². The number of carbonyl (C=O) groups excluding carboxylic acids is 2. The van der Waals surface area contributed by atoms with Crippen molar-refractivity contribution in [1.29, 1.82) is 0 Å². The van der Waals surface area contributed by atoms with Crippen molar-refractivity contribution in [3.05, 3.63) is 53.6 Å². The van der Waals surface area contributed by atoms with Crippen LogP contribution in [0.1, 0.15) is 35.7 Å². The van der Waals surface area contributed by atoms with E-state index in [1.807, 2.05) is 18.2 Å². The number of benzene rings is 2. The molecular weight excluding hydrogens is 432 g/mol. The van der Waals surface area contributed by atoms with Gasteiger partial charge >= 0.3 is 0 Å². The first-order valence-corrected chi connectivity index (χ1v) is 11.9. The minimum absolute atomic E-state index is 0.119. The van der Waals surface area contributed by atoms with Crippen molar-refractivity contribution in [2.75, 3.05) is 33.4 Å². The molecule has 1 heterocycles. The molecule has 1 aliphatic rings. The fourth-order valence-corrected chi connectivity index (χ4v) is 4.51. The van der Waals surface area contributed by atoms with Gasteiger partial charge in [-0.1, -0.05) is 18.2 Å². The lowest BCUT2D eigenvalue weighted by Crippen LogP contribution is -2.30. The fraction of sp³-hybridized carbons (Fsp3) is 0.391. The van der Waals surface area contributed by atoms with Crippen LogP contribution in [0.15, 0.2) is 47.4 Å². The highest BCUT2D eigenvalue weighted by Gasteiger charge is 2.21. The number of fused-ring (bicyclic) bond motifs is 1. The van der Waals surface area contributed by atoms with Gasteiger partial charge in [-0.25, -0.2) is 12.7 Å². The van der Waals surface area contributed by atoms with E-state index in [0.29, 0.717) is 38.2 Å². The summed E-state index contributed by atoms with van der Waals surface area (Å²) in [7, 11) is -2.19. The Morgan fingerprint density at radius 3 is 2.41 bits per heavy atom. The highest BCUT2D eigenvalue weighted by atomic mass is 32.2. The lowest BCUT2D eigenvalue weighted by atomic mass is 10.1. The molecule has 32 heavy (non-hydrogen) atoms. The quantitative estimate of drug-likeness (QED) is 0.547. The molecule has 0 unspecified atom stereocenters. The van der Waals surface area contributed by atoms with Crippen LogP contribution in [-0.4, -0.2) is 57.8 Å². The van der Waals surface area contributed by atoms with Gasteiger partial charge in [-0.15, -0.1) is 0 Å². The number of carbonyl (C=O) groups is 2. The molecule has 2 aromatic rings. The molecule has 0 radical (unpaired) electrons. The summed E-state index contributed by atoms with van der Waals surface area (Å²) in [6, 6.07) is 11.6. The smallest absolute Gasteiger partial charge is 0.242 e. The number of nitrogens with one attached hydrogen (secondary N) is 1. The van der Waals surface area contributed by atoms with Crippen LogP contribution in [0.25, 0.3) is 0 Å². The Labute approximate surface area is 188 Å². The van der Waals surface area contributed by atoms with Gasteiger partial charge in [-0.2, -0.15) is 0 Å². The van der Waals surface area contributed by atoms with Gasteiger partial charge < -0.3 is 14.8 Å². The molecule has 1 aliphatic heterocycles. The summed E-state index contributed by atoms with van der Waals surface area (Å²) in [5.41, 5.74) is 1.50. The van der Waals surface area contributed by atoms with Gasteiger partial charge in [0.2, 0.25) is 15.9 Å². The van der Waals surface area contributed by atoms with E-state index in [1.54, 1.807) is 0 Å². The van der Waals surface area contributed by atoms with E-state index >= 15 is 0 Å². The summed E-state index contributed by atoms with van der Waals surface area (Å²) >= 11 is 0. The average Bonchev–Trinajstić information content (AvgIpc) is 2.79. The number of amides is 1. The molecule has 2 aromatic carbocycles. The van der Waals surface area contributed by atoms with Crippen molar-refractivity contribution < 1.29 is 27.5 Å². The zero-order chi connectivity index (χ0) is 23.1. The third-order valence-electron chi connectivity index (χ3n) is 5.19. The SMILES string of the molecule is CC(=O)c1ccc(S(=O)(=O)N(C)CCCC(=O)NCCc2ccc3c(c2)OCCO3)cc1. The number of hydrogen-bond donors (Lipinski definition) is 1. The first-order chi connectivity index (χ1) is 15.3. The minimum Gasteiger partial charge on any atom is -0.486 e. The number of ether oxygens (including phenoxy) is 2. The van der Waals surface area contributed by atoms with Crippen LogP contribution in [0.2, 0.25) is 0 Å². The van der Waals surface area contributed by atoms with Crippen molar-refractivity contribution in [1.82, 2.24) is 9.62 Å². The summed E-state index contributed by atoms with van der Waals surface area (Å²) in [5.74, 6) is 1.21. The summed E-state index contributed by atoms with van der Waals surface area (Å²) in [4.78, 5) is 23.6. The predicted octanol–water partition coefficient (Wildman–Crippen LogP) is 2.42. The highest BCUT2D eigenvalue weighted by Crippen LogP contribution is 2.30. The molecule has 1 amide bonds. The Morgan fingerprint density at radius 1 is 1.03 bits per heavy atom. The number of hydrogen-bond acceptors (Lipinski definition) is 6. The summed E-state index contributed by atoms with van der Waals surface area (Å²) < 4.78 is 37.6. The number of sulfonamides is 1. The van der Waals surface area contributed by atoms with E-state index in [0.717, 1.165) is 17.1 Å². The molecule has 8 nitrogen and oxygen atoms in total. The van der Waals surface area contributed by atoms with Crippen LogP contribution < -0.4 is 14.8 Å². The molecule has 0 aromatic heterocycles. The molecule has 0 saturated heterocycles. The predicted molar refractivity (Wildman–Crippen MR) is 120 cm³/mol. The van der Waals surface area contributed by atoms with Crippen LogP contribution in [-0.2, 0) is 21.2 Å². The van der Waals surface area contributed by atoms with E-state index in [1.165, 1.54) is 42.5 Å². The zero-order valence-electron chi connectivity index (χ0n) is 18.3. The maximum Gasteiger partial charge on any atom is 0.242 e. The van der Waals surface area contributed by atoms with Gasteiger partial charge in [0.05, 0.1) is 4.90 Å². The third-order valence-corrected chi connectivity index (χ3v) is 7.06. The van der Waals surface area contributed by atoms with Crippen molar-refractivity contribution in [3.63, 3.8) is 0 Å². The average molecular weight is 461 g/mol. The summed E-state index contributed by atoms with van der Waals surface area (Å²) in [5, 5.41) is 2.86. The normalized spacial score (nSPS) is 13.1. The molecule has 0 saturated carbocycles. The largest absolute Gasteiger partial charge is 0.486 e. The number of nitrogens with zero attached hydrogens (tertiary/aromatic N) is 1. The number of rotatable bonds is 10. The monoisotopic (exact) mass is 460 g/mol. The fourth-order valence-electron chi connectivity index (χ4n) is 3.30. The second-order valence-electron chi connectivity index (χ2n) is 7.59. The van der Waals surface area contributed by atoms with Gasteiger partial charge in [0, 0.05) is 32.1 Å². The van der Waals surface area contributed by atoms with Crippen LogP contribution in [0.5, 0.6) is 11.5 Å². The molecule has 0 aliphatic carbocycles. The van der Waals surface area contributed by atoms with Gasteiger partial charge in [0.25, 0.3) is 0 Å². The van der Waals surface area contributed by atoms with Crippen LogP contribution in [0, 0.1) is 0 Å². The first-order valence-electron chi connectivity index (χ1n) is 10.5. The Morgan fingerprint density at radius 2 is 1.72 bits per heavy atom. The summed E-state index contributed by atoms with van der Waals surface area (Å²) in [6.45, 7) is 3.20. The number of Topliss-reactive ketones (excluding diaryl/α,β-unsaturated/α-hetero) is 1. The molecule has 0 spiro atoms. The van der Waals surface area contributed by atoms with Crippen molar-refractivity contribution in [3.8, 4) is 11.5 Å². The third kappa shape index (κ3) is 6.08. The van der Waals surface area contributed by atoms with E-state index in [9.17, 15) is 18.0 Å². The summed E-state index contributed by atoms with van der Waals surface area (Å²) in [6.07, 6.45) is 1.29. The van der Waals surface area contributed by atoms with Crippen molar-refractivity contribution in [2.45, 2.75) is 31.1 Å². The van der Waals surface area contributed by atoms with E-state index in [4.69, 9.17) is 9.47 Å². The van der Waals surface area contributed by atoms with Crippen molar-refractivity contribution >= 4 is 21.7 Å². The van der Waals surface area contributed by atoms with E-state index in [2.05, 4.69) is 5.32 Å². The minimum atomic E-state index is -3.67. The first kappa shape index (κ1) is 23.7. The van der Waals surface area contributed by atoms with E-state index < -0.39 is 10.0 Å². The lowest BCUT2D eigenvalue weighted by Gasteiger charge is -2.19. The zero-order valence-corrected chi connectivity index (χ0v) is 19.1. The maximum absolute atomic E-state index is 12.6. The Balaban J connectivity index is 1.40. The molecule has 3 rings (SSSR count). The van der Waals surface area contributed by atoms with Gasteiger partial charge in [0.1, 0.15) is 13.2 Å². The molecule has 1 N–H and O–H groups in total. The van der Waals surface area contributed by atoms with Gasteiger partial charge in [0.15, 0.2) is 17.3 Å². The molecule has 172 valence electrons. The molecule has 9 heteroatoms. The molecular formula is C23H28N2O6S. The highest BCUT2D eigenvalue weighted by molar-refractivity contribution is 7.89. The molecule has 0 fully saturated rings. The van der Waals surface area contributed by atoms with E-state index in [-0.39, 0.29) is 29.6 Å². The molecule has 0 atom stereocenters. The van der Waals surface area contributed by atoms with Gasteiger partial charge in [-0.05, 0) is 49.6 Å².